The highest BCUT2D eigenvalue weighted by molar-refractivity contribution is 5.44. The molecule has 0 bridgehead atoms. The first-order valence-corrected chi connectivity index (χ1v) is 6.85. The smallest absolute Gasteiger partial charge is 0.243 e. The van der Waals surface area contributed by atoms with E-state index >= 15 is 0 Å². The summed E-state index contributed by atoms with van der Waals surface area (Å²) in [6, 6.07) is 16.7. The lowest BCUT2D eigenvalue weighted by Gasteiger charge is -2.11. The minimum atomic E-state index is 0.287. The molecule has 0 saturated carbocycles. The first kappa shape index (κ1) is 12.7. The predicted octanol–water partition coefficient (Wildman–Crippen LogP) is 3.08. The van der Waals surface area contributed by atoms with E-state index in [2.05, 4.69) is 46.6 Å². The molecule has 3 aromatic rings. The normalized spacial score (nSPS) is 12.5. The predicted molar refractivity (Wildman–Crippen MR) is 81.0 cm³/mol. The first-order valence-electron chi connectivity index (χ1n) is 6.85. The molecule has 0 aliphatic carbocycles. The summed E-state index contributed by atoms with van der Waals surface area (Å²) >= 11 is 0. The van der Waals surface area contributed by atoms with E-state index in [-0.39, 0.29) is 6.04 Å². The Morgan fingerprint density at radius 1 is 1.10 bits per heavy atom. The summed E-state index contributed by atoms with van der Waals surface area (Å²) in [5.74, 6) is 0.683. The number of hydrogen-bond acceptors (Lipinski definition) is 3. The van der Waals surface area contributed by atoms with E-state index in [1.54, 1.807) is 0 Å². The van der Waals surface area contributed by atoms with Crippen LogP contribution in [0.4, 0.5) is 5.95 Å². The number of aryl methyl sites for hydroxylation is 1. The Hall–Kier alpha value is -2.36. The third-order valence-electron chi connectivity index (χ3n) is 3.31. The second-order valence-electron chi connectivity index (χ2n) is 5.11. The molecule has 1 aromatic carbocycles. The number of nitrogens with zero attached hydrogens (tertiary/aromatic N) is 3. The van der Waals surface area contributed by atoms with Gasteiger partial charge >= 0.3 is 0 Å². The molecular weight excluding hydrogens is 248 g/mol. The van der Waals surface area contributed by atoms with Crippen LogP contribution in [0.25, 0.3) is 5.65 Å². The highest BCUT2D eigenvalue weighted by Gasteiger charge is 2.08. The van der Waals surface area contributed by atoms with Crippen LogP contribution in [0.15, 0.2) is 48.5 Å². The Kier molecular flexibility index (Phi) is 3.37. The van der Waals surface area contributed by atoms with Crippen LogP contribution in [0.5, 0.6) is 0 Å². The summed E-state index contributed by atoms with van der Waals surface area (Å²) in [7, 11) is 0. The van der Waals surface area contributed by atoms with Crippen LogP contribution in [0, 0.1) is 6.92 Å². The summed E-state index contributed by atoms with van der Waals surface area (Å²) in [5.41, 5.74) is 3.27. The number of nitrogens with one attached hydrogen (secondary N) is 1. The number of hydrogen-bond donors (Lipinski definition) is 1. The third kappa shape index (κ3) is 2.64. The van der Waals surface area contributed by atoms with Gasteiger partial charge in [-0.3, -0.25) is 0 Å². The van der Waals surface area contributed by atoms with Crippen LogP contribution >= 0.6 is 0 Å². The van der Waals surface area contributed by atoms with Crippen molar-refractivity contribution in [2.45, 2.75) is 26.3 Å². The van der Waals surface area contributed by atoms with Gasteiger partial charge in [0, 0.05) is 11.7 Å². The van der Waals surface area contributed by atoms with E-state index in [4.69, 9.17) is 0 Å². The van der Waals surface area contributed by atoms with Crippen molar-refractivity contribution in [3.8, 4) is 0 Å². The zero-order valence-corrected chi connectivity index (χ0v) is 11.7. The summed E-state index contributed by atoms with van der Waals surface area (Å²) in [6.45, 7) is 4.17. The van der Waals surface area contributed by atoms with Gasteiger partial charge in [-0.2, -0.15) is 4.98 Å². The van der Waals surface area contributed by atoms with Crippen molar-refractivity contribution >= 4 is 11.6 Å². The van der Waals surface area contributed by atoms with Crippen LogP contribution in [0.3, 0.4) is 0 Å². The molecule has 4 nitrogen and oxygen atoms in total. The van der Waals surface area contributed by atoms with Gasteiger partial charge in [0.25, 0.3) is 0 Å². The molecule has 2 aromatic heterocycles. The van der Waals surface area contributed by atoms with E-state index in [1.807, 2.05) is 35.7 Å². The maximum atomic E-state index is 4.50. The molecule has 1 unspecified atom stereocenters. The summed E-state index contributed by atoms with van der Waals surface area (Å²) in [5, 5.41) is 7.85. The molecule has 20 heavy (non-hydrogen) atoms. The number of aromatic nitrogens is 3. The lowest BCUT2D eigenvalue weighted by molar-refractivity contribution is 0.774. The van der Waals surface area contributed by atoms with Crippen molar-refractivity contribution < 1.29 is 0 Å². The molecule has 0 saturated heterocycles. The molecular formula is C16H18N4. The molecule has 0 amide bonds. The minimum absolute atomic E-state index is 0.287. The van der Waals surface area contributed by atoms with Gasteiger partial charge in [-0.05, 0) is 38.0 Å². The van der Waals surface area contributed by atoms with Crippen molar-refractivity contribution in [3.63, 3.8) is 0 Å². The Labute approximate surface area is 118 Å². The van der Waals surface area contributed by atoms with Crippen molar-refractivity contribution in [2.75, 3.05) is 5.32 Å². The zero-order chi connectivity index (χ0) is 13.9. The topological polar surface area (TPSA) is 42.2 Å². The number of rotatable bonds is 4. The zero-order valence-electron chi connectivity index (χ0n) is 11.7. The summed E-state index contributed by atoms with van der Waals surface area (Å²) in [6.07, 6.45) is 0.954. The second kappa shape index (κ2) is 5.33. The second-order valence-corrected chi connectivity index (χ2v) is 5.11. The average molecular weight is 266 g/mol. The molecule has 2 heterocycles. The number of benzene rings is 1. The maximum Gasteiger partial charge on any atom is 0.243 e. The largest absolute Gasteiger partial charge is 0.350 e. The molecule has 0 aliphatic heterocycles. The molecule has 0 fully saturated rings. The number of pyridine rings is 1. The molecule has 102 valence electrons. The fraction of sp³-hybridized carbons (Fsp3) is 0.250. The first-order chi connectivity index (χ1) is 9.72. The molecule has 0 aliphatic rings. The van der Waals surface area contributed by atoms with Crippen LogP contribution < -0.4 is 5.32 Å². The van der Waals surface area contributed by atoms with Gasteiger partial charge < -0.3 is 5.32 Å². The van der Waals surface area contributed by atoms with Crippen molar-refractivity contribution in [1.82, 2.24) is 14.6 Å². The van der Waals surface area contributed by atoms with Crippen molar-refractivity contribution in [1.29, 1.82) is 0 Å². The van der Waals surface area contributed by atoms with E-state index in [1.165, 1.54) is 5.56 Å². The van der Waals surface area contributed by atoms with Gasteiger partial charge in [0.2, 0.25) is 5.95 Å². The minimum Gasteiger partial charge on any atom is -0.350 e. The van der Waals surface area contributed by atoms with E-state index in [0.717, 1.165) is 17.8 Å². The quantitative estimate of drug-likeness (QED) is 0.789. The molecule has 1 N–H and O–H groups in total. The monoisotopic (exact) mass is 266 g/mol. The molecule has 4 heteroatoms. The molecule has 1 atom stereocenters. The number of anilines is 1. The van der Waals surface area contributed by atoms with Gasteiger partial charge in [-0.15, -0.1) is 5.10 Å². The van der Waals surface area contributed by atoms with E-state index < -0.39 is 0 Å². The van der Waals surface area contributed by atoms with Crippen LogP contribution in [-0.2, 0) is 6.42 Å². The summed E-state index contributed by atoms with van der Waals surface area (Å²) < 4.78 is 1.86. The van der Waals surface area contributed by atoms with Gasteiger partial charge in [-0.25, -0.2) is 4.52 Å². The lowest BCUT2D eigenvalue weighted by atomic mass is 10.1. The molecule has 0 spiro atoms. The van der Waals surface area contributed by atoms with Gasteiger partial charge in [0.15, 0.2) is 5.65 Å². The fourth-order valence-corrected chi connectivity index (χ4v) is 2.34. The van der Waals surface area contributed by atoms with Gasteiger partial charge in [0.05, 0.1) is 0 Å². The lowest BCUT2D eigenvalue weighted by Crippen LogP contribution is -2.19. The summed E-state index contributed by atoms with van der Waals surface area (Å²) in [4.78, 5) is 4.50. The Morgan fingerprint density at radius 3 is 2.65 bits per heavy atom. The van der Waals surface area contributed by atoms with Crippen molar-refractivity contribution in [2.24, 2.45) is 0 Å². The third-order valence-corrected chi connectivity index (χ3v) is 3.31. The Morgan fingerprint density at radius 2 is 1.90 bits per heavy atom. The Balaban J connectivity index is 1.74. The molecule has 0 radical (unpaired) electrons. The van der Waals surface area contributed by atoms with Crippen LogP contribution in [0.1, 0.15) is 18.2 Å². The highest BCUT2D eigenvalue weighted by atomic mass is 15.4. The van der Waals surface area contributed by atoms with Gasteiger partial charge in [0.1, 0.15) is 0 Å². The standard InChI is InChI=1S/C16H18N4/c1-12(11-14-8-4-3-5-9-14)17-16-18-15-10-6-7-13(2)20(15)19-16/h3-10,12H,11H2,1-2H3,(H,17,19). The number of fused-ring (bicyclic) bond motifs is 1. The van der Waals surface area contributed by atoms with Crippen LogP contribution in [-0.4, -0.2) is 20.6 Å². The average Bonchev–Trinajstić information content (AvgIpc) is 2.83. The van der Waals surface area contributed by atoms with E-state index in [9.17, 15) is 0 Å². The maximum absolute atomic E-state index is 4.50. The van der Waals surface area contributed by atoms with Crippen LogP contribution in [0.2, 0.25) is 0 Å². The van der Waals surface area contributed by atoms with Crippen molar-refractivity contribution in [3.05, 3.63) is 59.8 Å². The van der Waals surface area contributed by atoms with E-state index in [0.29, 0.717) is 5.95 Å². The fourth-order valence-electron chi connectivity index (χ4n) is 2.34. The molecule has 3 rings (SSSR count). The highest BCUT2D eigenvalue weighted by Crippen LogP contribution is 2.11. The SMILES string of the molecule is Cc1cccc2nc(NC(C)Cc3ccccc3)nn12. The van der Waals surface area contributed by atoms with Gasteiger partial charge in [-0.1, -0.05) is 36.4 Å². The Bertz CT molecular complexity index is 703.